The SMILES string of the molecule is Cl.O=C(O)CC1CC(COCCCCNc2ccccn2)=CCc2ccccc21. The Morgan fingerprint density at radius 3 is 2.79 bits per heavy atom. The van der Waals surface area contributed by atoms with Crippen LogP contribution in [0.5, 0.6) is 0 Å². The van der Waals surface area contributed by atoms with Crippen molar-refractivity contribution in [2.45, 2.75) is 38.0 Å². The normalized spacial score (nSPS) is 15.4. The van der Waals surface area contributed by atoms with Gasteiger partial charge in [-0.1, -0.05) is 36.4 Å². The molecule has 0 amide bonds. The smallest absolute Gasteiger partial charge is 0.303 e. The van der Waals surface area contributed by atoms with Crippen LogP contribution in [-0.4, -0.2) is 35.8 Å². The van der Waals surface area contributed by atoms with Gasteiger partial charge in [0.2, 0.25) is 0 Å². The summed E-state index contributed by atoms with van der Waals surface area (Å²) in [5.74, 6) is 0.173. The molecule has 0 aliphatic heterocycles. The minimum absolute atomic E-state index is 0. The maximum atomic E-state index is 11.3. The highest BCUT2D eigenvalue weighted by molar-refractivity contribution is 5.85. The fraction of sp³-hybridized carbons (Fsp3) is 0.391. The Hall–Kier alpha value is -2.37. The Morgan fingerprint density at radius 1 is 1.17 bits per heavy atom. The van der Waals surface area contributed by atoms with Crippen LogP contribution in [0.25, 0.3) is 0 Å². The number of hydrogen-bond donors (Lipinski definition) is 2. The molecular weight excluding hydrogens is 388 g/mol. The van der Waals surface area contributed by atoms with Crippen molar-refractivity contribution in [2.75, 3.05) is 25.1 Å². The Bertz CT molecular complexity index is 796. The first-order chi connectivity index (χ1) is 13.7. The summed E-state index contributed by atoms with van der Waals surface area (Å²) in [4.78, 5) is 15.5. The first-order valence-electron chi connectivity index (χ1n) is 9.92. The summed E-state index contributed by atoms with van der Waals surface area (Å²) in [5.41, 5.74) is 3.59. The lowest BCUT2D eigenvalue weighted by Gasteiger charge is -2.17. The molecule has 0 fully saturated rings. The summed E-state index contributed by atoms with van der Waals surface area (Å²) < 4.78 is 5.87. The van der Waals surface area contributed by atoms with Gasteiger partial charge in [-0.2, -0.15) is 0 Å². The summed E-state index contributed by atoms with van der Waals surface area (Å²) in [7, 11) is 0. The average Bonchev–Trinajstić information content (AvgIpc) is 2.87. The van der Waals surface area contributed by atoms with E-state index in [0.29, 0.717) is 13.2 Å². The minimum Gasteiger partial charge on any atom is -0.481 e. The number of halogens is 1. The van der Waals surface area contributed by atoms with Gasteiger partial charge in [-0.3, -0.25) is 4.79 Å². The monoisotopic (exact) mass is 416 g/mol. The zero-order chi connectivity index (χ0) is 19.6. The third kappa shape index (κ3) is 7.52. The van der Waals surface area contributed by atoms with Crippen LogP contribution in [0.4, 0.5) is 5.82 Å². The number of carboxylic acids is 1. The predicted molar refractivity (Wildman–Crippen MR) is 118 cm³/mol. The largest absolute Gasteiger partial charge is 0.481 e. The van der Waals surface area contributed by atoms with Gasteiger partial charge in [-0.15, -0.1) is 12.4 Å². The second kappa shape index (κ2) is 12.2. The standard InChI is InChI=1S/C23H28N2O3.ClH/c26-23(27)16-20-15-18(10-11-19-7-1-2-8-21(19)20)17-28-14-6-5-13-25-22-9-3-4-12-24-22;/h1-4,7-10,12,20H,5-6,11,13-17H2,(H,24,25)(H,26,27);1H. The fourth-order valence-electron chi connectivity index (χ4n) is 3.61. The van der Waals surface area contributed by atoms with Crippen molar-refractivity contribution >= 4 is 24.2 Å². The van der Waals surface area contributed by atoms with E-state index >= 15 is 0 Å². The van der Waals surface area contributed by atoms with Gasteiger partial charge in [0.15, 0.2) is 0 Å². The molecule has 1 aliphatic rings. The molecule has 0 radical (unpaired) electrons. The third-order valence-corrected chi connectivity index (χ3v) is 5.01. The van der Waals surface area contributed by atoms with Crippen LogP contribution >= 0.6 is 12.4 Å². The molecule has 2 N–H and O–H groups in total. The van der Waals surface area contributed by atoms with Crippen molar-refractivity contribution in [1.29, 1.82) is 0 Å². The first kappa shape index (κ1) is 22.9. The lowest BCUT2D eigenvalue weighted by Crippen LogP contribution is -2.10. The van der Waals surface area contributed by atoms with Gasteiger partial charge in [0.25, 0.3) is 0 Å². The molecule has 1 aromatic carbocycles. The van der Waals surface area contributed by atoms with Crippen LogP contribution in [0.3, 0.4) is 0 Å². The van der Waals surface area contributed by atoms with Crippen LogP contribution in [0.15, 0.2) is 60.3 Å². The van der Waals surface area contributed by atoms with E-state index in [1.165, 1.54) is 11.1 Å². The summed E-state index contributed by atoms with van der Waals surface area (Å²) >= 11 is 0. The predicted octanol–water partition coefficient (Wildman–Crippen LogP) is 4.84. The van der Waals surface area contributed by atoms with Gasteiger partial charge in [0.1, 0.15) is 5.82 Å². The number of rotatable bonds is 10. The molecule has 0 saturated heterocycles. The van der Waals surface area contributed by atoms with Crippen LogP contribution in [-0.2, 0) is 16.0 Å². The van der Waals surface area contributed by atoms with Crippen molar-refractivity contribution in [3.8, 4) is 0 Å². The number of unbranched alkanes of at least 4 members (excludes halogenated alkanes) is 1. The number of allylic oxidation sites excluding steroid dienone is 1. The molecule has 29 heavy (non-hydrogen) atoms. The van der Waals surface area contributed by atoms with E-state index in [9.17, 15) is 9.90 Å². The Balaban J connectivity index is 0.00000300. The van der Waals surface area contributed by atoms with Crippen LogP contribution in [0.2, 0.25) is 0 Å². The summed E-state index contributed by atoms with van der Waals surface area (Å²) in [5, 5.41) is 12.6. The Labute approximate surface area is 178 Å². The number of aromatic nitrogens is 1. The molecule has 1 unspecified atom stereocenters. The second-order valence-corrected chi connectivity index (χ2v) is 7.17. The van der Waals surface area contributed by atoms with Gasteiger partial charge in [0, 0.05) is 19.3 Å². The van der Waals surface area contributed by atoms with E-state index in [1.54, 1.807) is 6.20 Å². The van der Waals surface area contributed by atoms with Gasteiger partial charge < -0.3 is 15.2 Å². The fourth-order valence-corrected chi connectivity index (χ4v) is 3.61. The van der Waals surface area contributed by atoms with Crippen molar-refractivity contribution in [3.63, 3.8) is 0 Å². The molecule has 5 nitrogen and oxygen atoms in total. The molecule has 156 valence electrons. The Kier molecular flexibility index (Phi) is 9.68. The van der Waals surface area contributed by atoms with E-state index in [4.69, 9.17) is 4.74 Å². The van der Waals surface area contributed by atoms with Crippen molar-refractivity contribution in [1.82, 2.24) is 4.98 Å². The highest BCUT2D eigenvalue weighted by Gasteiger charge is 2.22. The molecule has 1 atom stereocenters. The molecule has 3 rings (SSSR count). The number of fused-ring (bicyclic) bond motifs is 1. The summed E-state index contributed by atoms with van der Waals surface area (Å²) in [6, 6.07) is 14.0. The number of ether oxygens (including phenoxy) is 1. The molecule has 0 spiro atoms. The lowest BCUT2D eigenvalue weighted by molar-refractivity contribution is -0.137. The molecule has 0 bridgehead atoms. The van der Waals surface area contributed by atoms with Crippen LogP contribution in [0, 0.1) is 0 Å². The van der Waals surface area contributed by atoms with E-state index in [-0.39, 0.29) is 24.7 Å². The molecule has 1 heterocycles. The van der Waals surface area contributed by atoms with E-state index in [0.717, 1.165) is 43.6 Å². The molecule has 6 heteroatoms. The molecule has 2 aromatic rings. The maximum Gasteiger partial charge on any atom is 0.303 e. The number of nitrogens with zero attached hydrogens (tertiary/aromatic N) is 1. The summed E-state index contributed by atoms with van der Waals surface area (Å²) in [6.07, 6.45) is 7.75. The number of benzene rings is 1. The highest BCUT2D eigenvalue weighted by Crippen LogP contribution is 2.33. The van der Waals surface area contributed by atoms with Crippen molar-refractivity contribution in [2.24, 2.45) is 0 Å². The van der Waals surface area contributed by atoms with Crippen molar-refractivity contribution < 1.29 is 14.6 Å². The van der Waals surface area contributed by atoms with E-state index in [1.807, 2.05) is 30.3 Å². The average molecular weight is 417 g/mol. The van der Waals surface area contributed by atoms with Gasteiger partial charge in [-0.05, 0) is 60.4 Å². The number of carbonyl (C=O) groups is 1. The molecule has 1 aliphatic carbocycles. The van der Waals surface area contributed by atoms with Gasteiger partial charge >= 0.3 is 5.97 Å². The minimum atomic E-state index is -0.748. The molecule has 0 saturated carbocycles. The second-order valence-electron chi connectivity index (χ2n) is 7.17. The zero-order valence-electron chi connectivity index (χ0n) is 16.5. The van der Waals surface area contributed by atoms with E-state index in [2.05, 4.69) is 28.5 Å². The number of aliphatic carboxylic acids is 1. The van der Waals surface area contributed by atoms with Crippen molar-refractivity contribution in [3.05, 3.63) is 71.4 Å². The number of anilines is 1. The number of pyridine rings is 1. The first-order valence-corrected chi connectivity index (χ1v) is 9.92. The quantitative estimate of drug-likeness (QED) is 0.428. The van der Waals surface area contributed by atoms with E-state index < -0.39 is 5.97 Å². The highest BCUT2D eigenvalue weighted by atomic mass is 35.5. The molecular formula is C23H29ClN2O3. The maximum absolute atomic E-state index is 11.3. The van der Waals surface area contributed by atoms with Gasteiger partial charge in [-0.25, -0.2) is 4.98 Å². The van der Waals surface area contributed by atoms with Crippen LogP contribution < -0.4 is 5.32 Å². The summed E-state index contributed by atoms with van der Waals surface area (Å²) in [6.45, 7) is 2.16. The zero-order valence-corrected chi connectivity index (χ0v) is 17.4. The number of hydrogen-bond acceptors (Lipinski definition) is 4. The van der Waals surface area contributed by atoms with Gasteiger partial charge in [0.05, 0.1) is 13.0 Å². The Morgan fingerprint density at radius 2 is 2.00 bits per heavy atom. The number of nitrogens with one attached hydrogen (secondary N) is 1. The number of carboxylic acid groups (broad SMARTS) is 1. The molecule has 1 aromatic heterocycles. The topological polar surface area (TPSA) is 71.5 Å². The third-order valence-electron chi connectivity index (χ3n) is 5.01. The lowest BCUT2D eigenvalue weighted by atomic mass is 9.88. The van der Waals surface area contributed by atoms with Crippen LogP contribution in [0.1, 0.15) is 42.7 Å².